The molecule has 2 N–H and O–H groups in total. The van der Waals surface area contributed by atoms with Gasteiger partial charge in [0.2, 0.25) is 0 Å². The zero-order valence-electron chi connectivity index (χ0n) is 13.7. The van der Waals surface area contributed by atoms with Gasteiger partial charge in [-0.25, -0.2) is 0 Å². The summed E-state index contributed by atoms with van der Waals surface area (Å²) in [6.45, 7) is 7.45. The van der Waals surface area contributed by atoms with Crippen molar-refractivity contribution in [2.24, 2.45) is 17.6 Å². The summed E-state index contributed by atoms with van der Waals surface area (Å²) in [5, 5.41) is 0. The zero-order valence-corrected chi connectivity index (χ0v) is 13.7. The van der Waals surface area contributed by atoms with Crippen LogP contribution in [0.4, 0.5) is 0 Å². The molecule has 0 aromatic carbocycles. The fourth-order valence-corrected chi connectivity index (χ4v) is 4.50. The summed E-state index contributed by atoms with van der Waals surface area (Å²) in [6, 6.07) is 0.667. The zero-order chi connectivity index (χ0) is 14.6. The molecule has 2 rings (SSSR count). The molecule has 3 heteroatoms. The van der Waals surface area contributed by atoms with Gasteiger partial charge in [0.1, 0.15) is 0 Å². The van der Waals surface area contributed by atoms with Gasteiger partial charge in [0.15, 0.2) is 0 Å². The SMILES string of the molecule is CCC1CCCCC1(CN)N(CCOC)C(C)C1CC1. The Bertz CT molecular complexity index is 293. The van der Waals surface area contributed by atoms with Crippen LogP contribution >= 0.6 is 0 Å². The van der Waals surface area contributed by atoms with Crippen LogP contribution in [0.15, 0.2) is 0 Å². The van der Waals surface area contributed by atoms with Gasteiger partial charge in [0.05, 0.1) is 6.61 Å². The van der Waals surface area contributed by atoms with Crippen molar-refractivity contribution in [3.05, 3.63) is 0 Å². The van der Waals surface area contributed by atoms with Gasteiger partial charge in [-0.3, -0.25) is 4.90 Å². The minimum atomic E-state index is 0.230. The molecule has 0 bridgehead atoms. The van der Waals surface area contributed by atoms with Crippen molar-refractivity contribution in [2.75, 3.05) is 26.8 Å². The molecule has 0 spiro atoms. The maximum Gasteiger partial charge on any atom is 0.0590 e. The van der Waals surface area contributed by atoms with Gasteiger partial charge in [-0.15, -0.1) is 0 Å². The summed E-state index contributed by atoms with van der Waals surface area (Å²) < 4.78 is 5.39. The molecule has 0 amide bonds. The van der Waals surface area contributed by atoms with Gasteiger partial charge in [0.25, 0.3) is 0 Å². The smallest absolute Gasteiger partial charge is 0.0590 e. The topological polar surface area (TPSA) is 38.5 Å². The van der Waals surface area contributed by atoms with Crippen molar-refractivity contribution < 1.29 is 4.74 Å². The first-order chi connectivity index (χ1) is 9.69. The number of rotatable bonds is 8. The standard InChI is InChI=1S/C17H34N2O/c1-4-16-7-5-6-10-17(16,13-18)19(11-12-20-3)14(2)15-8-9-15/h14-16H,4-13,18H2,1-3H3. The van der Waals surface area contributed by atoms with Crippen LogP contribution in [0, 0.1) is 11.8 Å². The molecule has 3 unspecified atom stereocenters. The van der Waals surface area contributed by atoms with Gasteiger partial charge in [-0.1, -0.05) is 26.2 Å². The van der Waals surface area contributed by atoms with Crippen molar-refractivity contribution in [1.29, 1.82) is 0 Å². The van der Waals surface area contributed by atoms with Gasteiger partial charge in [-0.2, -0.15) is 0 Å². The second kappa shape index (κ2) is 7.24. The molecule has 0 heterocycles. The van der Waals surface area contributed by atoms with E-state index >= 15 is 0 Å². The van der Waals surface area contributed by atoms with Gasteiger partial charge < -0.3 is 10.5 Å². The highest BCUT2D eigenvalue weighted by atomic mass is 16.5. The van der Waals surface area contributed by atoms with Crippen LogP contribution in [0.5, 0.6) is 0 Å². The highest BCUT2D eigenvalue weighted by Crippen LogP contribution is 2.44. The third-order valence-corrected chi connectivity index (χ3v) is 5.92. The third kappa shape index (κ3) is 3.20. The van der Waals surface area contributed by atoms with Crippen molar-refractivity contribution in [3.8, 4) is 0 Å². The van der Waals surface area contributed by atoms with Crippen LogP contribution in [0.25, 0.3) is 0 Å². The molecule has 3 atom stereocenters. The van der Waals surface area contributed by atoms with E-state index in [1.165, 1.54) is 44.9 Å². The lowest BCUT2D eigenvalue weighted by Gasteiger charge is -2.53. The summed E-state index contributed by atoms with van der Waals surface area (Å²) in [5.41, 5.74) is 6.58. The highest BCUT2D eigenvalue weighted by Gasteiger charge is 2.47. The number of hydrogen-bond donors (Lipinski definition) is 1. The Morgan fingerprint density at radius 1 is 1.30 bits per heavy atom. The number of nitrogens with two attached hydrogens (primary N) is 1. The maximum absolute atomic E-state index is 6.35. The fourth-order valence-electron chi connectivity index (χ4n) is 4.50. The van der Waals surface area contributed by atoms with Crippen LogP contribution in [-0.2, 0) is 4.74 Å². The first-order valence-electron chi connectivity index (χ1n) is 8.65. The molecule has 2 saturated carbocycles. The maximum atomic E-state index is 6.35. The largest absolute Gasteiger partial charge is 0.383 e. The molecular formula is C17H34N2O. The predicted molar refractivity (Wildman–Crippen MR) is 84.8 cm³/mol. The van der Waals surface area contributed by atoms with Gasteiger partial charge in [0, 0.05) is 31.8 Å². The predicted octanol–water partition coefficient (Wildman–Crippen LogP) is 3.03. The average Bonchev–Trinajstić information content (AvgIpc) is 3.32. The Balaban J connectivity index is 2.20. The number of hydrogen-bond acceptors (Lipinski definition) is 3. The van der Waals surface area contributed by atoms with E-state index in [0.29, 0.717) is 6.04 Å². The molecule has 118 valence electrons. The summed E-state index contributed by atoms with van der Waals surface area (Å²) in [5.74, 6) is 1.66. The molecule has 3 nitrogen and oxygen atoms in total. The molecule has 0 saturated heterocycles. The average molecular weight is 282 g/mol. The first kappa shape index (κ1) is 16.3. The highest BCUT2D eigenvalue weighted by molar-refractivity contribution is 5.03. The molecule has 2 aliphatic rings. The molecular weight excluding hydrogens is 248 g/mol. The fraction of sp³-hybridized carbons (Fsp3) is 1.00. The Kier molecular flexibility index (Phi) is 5.88. The molecule has 20 heavy (non-hydrogen) atoms. The summed E-state index contributed by atoms with van der Waals surface area (Å²) >= 11 is 0. The van der Waals surface area contributed by atoms with E-state index in [0.717, 1.165) is 31.5 Å². The normalized spacial score (nSPS) is 32.5. The Morgan fingerprint density at radius 2 is 2.05 bits per heavy atom. The molecule has 0 aromatic rings. The van der Waals surface area contributed by atoms with Crippen LogP contribution in [0.1, 0.15) is 58.8 Å². The van der Waals surface area contributed by atoms with E-state index in [2.05, 4.69) is 18.7 Å². The third-order valence-electron chi connectivity index (χ3n) is 5.92. The van der Waals surface area contributed by atoms with Crippen LogP contribution < -0.4 is 5.73 Å². The lowest BCUT2D eigenvalue weighted by Crippen LogP contribution is -2.63. The molecule has 2 fully saturated rings. The van der Waals surface area contributed by atoms with Crippen LogP contribution in [0.3, 0.4) is 0 Å². The second-order valence-corrected chi connectivity index (χ2v) is 6.92. The van der Waals surface area contributed by atoms with Crippen molar-refractivity contribution in [2.45, 2.75) is 70.4 Å². The van der Waals surface area contributed by atoms with Gasteiger partial charge >= 0.3 is 0 Å². The number of methoxy groups -OCH3 is 1. The Hall–Kier alpha value is -0.120. The van der Waals surface area contributed by atoms with E-state index < -0.39 is 0 Å². The molecule has 2 aliphatic carbocycles. The van der Waals surface area contributed by atoms with E-state index in [1.807, 2.05) is 7.11 Å². The lowest BCUT2D eigenvalue weighted by molar-refractivity contribution is -0.0394. The van der Waals surface area contributed by atoms with Gasteiger partial charge in [-0.05, 0) is 44.4 Å². The Labute approximate surface area is 125 Å². The molecule has 0 aromatic heterocycles. The quantitative estimate of drug-likeness (QED) is 0.743. The van der Waals surface area contributed by atoms with Crippen LogP contribution in [0.2, 0.25) is 0 Å². The van der Waals surface area contributed by atoms with E-state index in [-0.39, 0.29) is 5.54 Å². The van der Waals surface area contributed by atoms with E-state index in [4.69, 9.17) is 10.5 Å². The summed E-state index contributed by atoms with van der Waals surface area (Å²) in [7, 11) is 1.81. The van der Waals surface area contributed by atoms with Crippen molar-refractivity contribution in [3.63, 3.8) is 0 Å². The monoisotopic (exact) mass is 282 g/mol. The number of ether oxygens (including phenoxy) is 1. The second-order valence-electron chi connectivity index (χ2n) is 6.92. The lowest BCUT2D eigenvalue weighted by atomic mass is 9.69. The van der Waals surface area contributed by atoms with E-state index in [9.17, 15) is 0 Å². The summed E-state index contributed by atoms with van der Waals surface area (Å²) in [6.07, 6.45) is 9.43. The molecule has 0 radical (unpaired) electrons. The van der Waals surface area contributed by atoms with Crippen molar-refractivity contribution in [1.82, 2.24) is 4.90 Å². The minimum absolute atomic E-state index is 0.230. The first-order valence-corrected chi connectivity index (χ1v) is 8.65. The minimum Gasteiger partial charge on any atom is -0.383 e. The molecule has 0 aliphatic heterocycles. The Morgan fingerprint density at radius 3 is 2.60 bits per heavy atom. The number of nitrogens with zero attached hydrogens (tertiary/aromatic N) is 1. The van der Waals surface area contributed by atoms with E-state index in [1.54, 1.807) is 0 Å². The van der Waals surface area contributed by atoms with Crippen LogP contribution in [-0.4, -0.2) is 43.3 Å². The van der Waals surface area contributed by atoms with Crippen molar-refractivity contribution >= 4 is 0 Å². The summed E-state index contributed by atoms with van der Waals surface area (Å²) in [4.78, 5) is 2.75.